The first-order chi connectivity index (χ1) is 10.7. The summed E-state index contributed by atoms with van der Waals surface area (Å²) >= 11 is 0. The molecule has 22 heavy (non-hydrogen) atoms. The molecule has 4 N–H and O–H groups in total. The molecular formula is C17H21N3O2. The van der Waals surface area contributed by atoms with Crippen LogP contribution in [0.5, 0.6) is 11.5 Å². The van der Waals surface area contributed by atoms with Crippen LogP contribution in [0.15, 0.2) is 36.4 Å². The summed E-state index contributed by atoms with van der Waals surface area (Å²) in [6.45, 7) is 2.06. The first-order valence-electron chi connectivity index (χ1n) is 7.42. The Bertz CT molecular complexity index is 795. The molecule has 3 aromatic rings. The van der Waals surface area contributed by atoms with Crippen LogP contribution >= 0.6 is 0 Å². The average Bonchev–Trinajstić information content (AvgIpc) is 2.83. The van der Waals surface area contributed by atoms with Gasteiger partial charge in [-0.3, -0.25) is 0 Å². The average molecular weight is 299 g/mol. The maximum atomic E-state index is 5.63. The van der Waals surface area contributed by atoms with Crippen molar-refractivity contribution in [3.05, 3.63) is 36.4 Å². The van der Waals surface area contributed by atoms with Gasteiger partial charge in [-0.2, -0.15) is 0 Å². The number of nitrogens with two attached hydrogens (primary N) is 2. The predicted octanol–water partition coefficient (Wildman–Crippen LogP) is 2.01. The molecule has 0 atom stereocenters. The number of aryl methyl sites for hydroxylation is 1. The molecule has 3 rings (SSSR count). The van der Waals surface area contributed by atoms with Crippen LogP contribution in [0.3, 0.4) is 0 Å². The van der Waals surface area contributed by atoms with Crippen LogP contribution in [-0.2, 0) is 7.05 Å². The molecule has 0 radical (unpaired) electrons. The van der Waals surface area contributed by atoms with Crippen LogP contribution in [0, 0.1) is 0 Å². The normalized spacial score (nSPS) is 11.2. The number of ether oxygens (including phenoxy) is 2. The van der Waals surface area contributed by atoms with Crippen LogP contribution in [0.2, 0.25) is 0 Å². The number of fused-ring (bicyclic) bond motifs is 3. The van der Waals surface area contributed by atoms with Crippen molar-refractivity contribution in [3.8, 4) is 11.5 Å². The van der Waals surface area contributed by atoms with Gasteiger partial charge >= 0.3 is 0 Å². The van der Waals surface area contributed by atoms with E-state index in [1.807, 2.05) is 18.2 Å². The van der Waals surface area contributed by atoms with Crippen molar-refractivity contribution < 1.29 is 9.47 Å². The minimum Gasteiger partial charge on any atom is -0.492 e. The molecule has 116 valence electrons. The number of hydrogen-bond donors (Lipinski definition) is 2. The second kappa shape index (κ2) is 6.25. The molecule has 1 aromatic heterocycles. The molecule has 0 aliphatic carbocycles. The summed E-state index contributed by atoms with van der Waals surface area (Å²) in [5, 5.41) is 2.34. The van der Waals surface area contributed by atoms with E-state index in [9.17, 15) is 0 Å². The minimum absolute atomic E-state index is 0.509. The zero-order valence-electron chi connectivity index (χ0n) is 12.7. The molecular weight excluding hydrogens is 278 g/mol. The van der Waals surface area contributed by atoms with Crippen molar-refractivity contribution in [2.75, 3.05) is 26.3 Å². The third-order valence-electron chi connectivity index (χ3n) is 3.72. The fourth-order valence-electron chi connectivity index (χ4n) is 2.70. The zero-order chi connectivity index (χ0) is 15.5. The summed E-state index contributed by atoms with van der Waals surface area (Å²) in [4.78, 5) is 0. The summed E-state index contributed by atoms with van der Waals surface area (Å²) in [5.41, 5.74) is 13.3. The molecule has 1 heterocycles. The number of hydrogen-bond acceptors (Lipinski definition) is 4. The lowest BCUT2D eigenvalue weighted by Crippen LogP contribution is -2.10. The Morgan fingerprint density at radius 3 is 2.14 bits per heavy atom. The van der Waals surface area contributed by atoms with E-state index in [4.69, 9.17) is 20.9 Å². The van der Waals surface area contributed by atoms with Crippen LogP contribution < -0.4 is 20.9 Å². The van der Waals surface area contributed by atoms with Gasteiger partial charge in [-0.25, -0.2) is 0 Å². The Labute approximate surface area is 129 Å². The predicted molar refractivity (Wildman–Crippen MR) is 89.5 cm³/mol. The Morgan fingerprint density at radius 1 is 0.818 bits per heavy atom. The Balaban J connectivity index is 2.08. The highest BCUT2D eigenvalue weighted by Crippen LogP contribution is 2.33. The van der Waals surface area contributed by atoms with Gasteiger partial charge in [-0.1, -0.05) is 0 Å². The molecule has 0 aliphatic rings. The summed E-state index contributed by atoms with van der Waals surface area (Å²) in [6.07, 6.45) is 0. The van der Waals surface area contributed by atoms with Crippen molar-refractivity contribution in [2.24, 2.45) is 18.5 Å². The number of rotatable bonds is 6. The van der Waals surface area contributed by atoms with Gasteiger partial charge in [0.2, 0.25) is 0 Å². The lowest BCUT2D eigenvalue weighted by molar-refractivity contribution is 0.328. The molecule has 0 spiro atoms. The van der Waals surface area contributed by atoms with Gasteiger partial charge in [0.25, 0.3) is 0 Å². The third-order valence-corrected chi connectivity index (χ3v) is 3.72. The van der Waals surface area contributed by atoms with E-state index in [0.717, 1.165) is 27.9 Å². The smallest absolute Gasteiger partial charge is 0.121 e. The van der Waals surface area contributed by atoms with Gasteiger partial charge in [0, 0.05) is 42.5 Å². The number of benzene rings is 2. The highest BCUT2D eigenvalue weighted by atomic mass is 16.5. The first kappa shape index (κ1) is 14.7. The standard InChI is InChI=1S/C17H21N3O2/c1-20-16-5-3-12(21-8-6-18)10-15(16)14-4-2-13(11-17(14)20)22-9-7-19/h2-5,10-11H,6-9,18-19H2,1H3. The van der Waals surface area contributed by atoms with E-state index in [1.54, 1.807) is 0 Å². The van der Waals surface area contributed by atoms with Gasteiger partial charge in [-0.05, 0) is 30.3 Å². The monoisotopic (exact) mass is 299 g/mol. The van der Waals surface area contributed by atoms with Gasteiger partial charge < -0.3 is 25.5 Å². The van der Waals surface area contributed by atoms with Crippen molar-refractivity contribution in [2.45, 2.75) is 0 Å². The maximum Gasteiger partial charge on any atom is 0.121 e. The third kappa shape index (κ3) is 2.61. The molecule has 0 bridgehead atoms. The van der Waals surface area contributed by atoms with Crippen LogP contribution in [0.1, 0.15) is 0 Å². The fraction of sp³-hybridized carbons (Fsp3) is 0.294. The molecule has 0 amide bonds. The second-order valence-corrected chi connectivity index (χ2v) is 5.19. The topological polar surface area (TPSA) is 75.4 Å². The Kier molecular flexibility index (Phi) is 4.18. The molecule has 0 fully saturated rings. The minimum atomic E-state index is 0.509. The van der Waals surface area contributed by atoms with E-state index in [1.165, 1.54) is 5.39 Å². The van der Waals surface area contributed by atoms with E-state index in [-0.39, 0.29) is 0 Å². The second-order valence-electron chi connectivity index (χ2n) is 5.19. The van der Waals surface area contributed by atoms with Crippen molar-refractivity contribution in [1.82, 2.24) is 4.57 Å². The molecule has 2 aromatic carbocycles. The largest absolute Gasteiger partial charge is 0.492 e. The molecule has 0 unspecified atom stereocenters. The lowest BCUT2D eigenvalue weighted by atomic mass is 10.1. The number of aromatic nitrogens is 1. The van der Waals surface area contributed by atoms with Crippen LogP contribution in [-0.4, -0.2) is 30.9 Å². The fourth-order valence-corrected chi connectivity index (χ4v) is 2.70. The van der Waals surface area contributed by atoms with Gasteiger partial charge in [0.15, 0.2) is 0 Å². The van der Waals surface area contributed by atoms with Gasteiger partial charge in [-0.15, -0.1) is 0 Å². The summed E-state index contributed by atoms with van der Waals surface area (Å²) in [6, 6.07) is 12.2. The highest BCUT2D eigenvalue weighted by Gasteiger charge is 2.10. The van der Waals surface area contributed by atoms with Gasteiger partial charge in [0.1, 0.15) is 24.7 Å². The molecule has 5 heteroatoms. The first-order valence-corrected chi connectivity index (χ1v) is 7.42. The Hall–Kier alpha value is -2.24. The van der Waals surface area contributed by atoms with E-state index < -0.39 is 0 Å². The van der Waals surface area contributed by atoms with Crippen molar-refractivity contribution in [3.63, 3.8) is 0 Å². The highest BCUT2D eigenvalue weighted by molar-refractivity contribution is 6.08. The molecule has 5 nitrogen and oxygen atoms in total. The van der Waals surface area contributed by atoms with Crippen LogP contribution in [0.25, 0.3) is 21.8 Å². The SMILES string of the molecule is Cn1c2ccc(OCCN)cc2c2ccc(OCCN)cc21. The quantitative estimate of drug-likeness (QED) is 0.730. The van der Waals surface area contributed by atoms with Crippen molar-refractivity contribution >= 4 is 21.8 Å². The number of nitrogens with zero attached hydrogens (tertiary/aromatic N) is 1. The van der Waals surface area contributed by atoms with E-state index >= 15 is 0 Å². The van der Waals surface area contributed by atoms with E-state index in [2.05, 4.69) is 29.8 Å². The molecule has 0 saturated carbocycles. The summed E-state index contributed by atoms with van der Waals surface area (Å²) < 4.78 is 13.4. The van der Waals surface area contributed by atoms with Crippen molar-refractivity contribution in [1.29, 1.82) is 0 Å². The molecule has 0 aliphatic heterocycles. The zero-order valence-corrected chi connectivity index (χ0v) is 12.7. The summed E-state index contributed by atoms with van der Waals surface area (Å²) in [7, 11) is 2.05. The van der Waals surface area contributed by atoms with Gasteiger partial charge in [0.05, 0.1) is 5.52 Å². The van der Waals surface area contributed by atoms with E-state index in [0.29, 0.717) is 26.3 Å². The summed E-state index contributed by atoms with van der Waals surface area (Å²) in [5.74, 6) is 1.68. The lowest BCUT2D eigenvalue weighted by Gasteiger charge is -2.05. The van der Waals surface area contributed by atoms with Crippen LogP contribution in [0.4, 0.5) is 0 Å². The maximum absolute atomic E-state index is 5.63. The Morgan fingerprint density at radius 2 is 1.45 bits per heavy atom. The molecule has 0 saturated heterocycles.